The number of nitrogens with zero attached hydrogens (tertiary/aromatic N) is 18. The van der Waals surface area contributed by atoms with E-state index < -0.39 is 0 Å². The number of thiophene rings is 2. The van der Waals surface area contributed by atoms with E-state index in [0.717, 1.165) is 127 Å². The van der Waals surface area contributed by atoms with Gasteiger partial charge in [-0.05, 0) is 78.9 Å². The van der Waals surface area contributed by atoms with Gasteiger partial charge < -0.3 is 4.42 Å². The van der Waals surface area contributed by atoms with Gasteiger partial charge in [0.25, 0.3) is 0 Å². The first-order chi connectivity index (χ1) is 72.8. The molecule has 0 saturated heterocycles. The summed E-state index contributed by atoms with van der Waals surface area (Å²) in [5.41, 5.74) is 17.7. The molecule has 0 radical (unpaired) electrons. The smallest absolute Gasteiger partial charge is 0.165 e. The fourth-order valence-electron chi connectivity index (χ4n) is 17.9. The Morgan fingerprint density at radius 2 is 0.327 bits per heavy atom. The van der Waals surface area contributed by atoms with Gasteiger partial charge in [0.15, 0.2) is 105 Å². The van der Waals surface area contributed by atoms with Crippen LogP contribution in [0.15, 0.2) is 478 Å². The average Bonchev–Trinajstić information content (AvgIpc) is 1.68. The lowest BCUT2D eigenvalue weighted by Gasteiger charge is -2.11. The summed E-state index contributed by atoms with van der Waals surface area (Å²) in [7, 11) is 0. The number of fused-ring (bicyclic) bond motifs is 9. The van der Waals surface area contributed by atoms with Gasteiger partial charge >= 0.3 is 0 Å². The fraction of sp³-hybridized carbons (Fsp3) is 0. The lowest BCUT2D eigenvalue weighted by atomic mass is 10.1. The van der Waals surface area contributed by atoms with Crippen LogP contribution in [0.4, 0.5) is 0 Å². The predicted octanol–water partition coefficient (Wildman–Crippen LogP) is 30.8. The highest BCUT2D eigenvalue weighted by Gasteiger charge is 2.25. The molecular weight excluding hydrogens is 1850 g/mol. The first kappa shape index (κ1) is 88.7. The predicted molar refractivity (Wildman–Crippen MR) is 591 cm³/mol. The van der Waals surface area contributed by atoms with Gasteiger partial charge in [-0.3, -0.25) is 0 Å². The number of hydrogen-bond acceptors (Lipinski definition) is 21. The summed E-state index contributed by atoms with van der Waals surface area (Å²) in [5.74, 6) is 10.7. The van der Waals surface area contributed by atoms with Gasteiger partial charge in [-0.2, -0.15) is 0 Å². The quantitative estimate of drug-likeness (QED) is 0.0775. The molecule has 147 heavy (non-hydrogen) atoms. The summed E-state index contributed by atoms with van der Waals surface area (Å²) < 4.78 is 11.0. The molecule has 690 valence electrons. The molecule has 27 rings (SSSR count). The third-order valence-corrected chi connectivity index (χ3v) is 27.5. The van der Waals surface area contributed by atoms with Crippen molar-refractivity contribution in [3.8, 4) is 205 Å². The molecule has 0 N–H and O–H groups in total. The molecule has 19 nitrogen and oxygen atoms in total. The van der Waals surface area contributed by atoms with Crippen molar-refractivity contribution in [2.24, 2.45) is 0 Å². The monoisotopic (exact) mass is 1920 g/mol. The molecule has 0 spiro atoms. The van der Waals surface area contributed by atoms with E-state index in [1.54, 1.807) is 22.7 Å². The molecule has 21 heteroatoms. The van der Waals surface area contributed by atoms with E-state index in [-0.39, 0.29) is 0 Å². The molecule has 0 atom stereocenters. The summed E-state index contributed by atoms with van der Waals surface area (Å²) in [6, 6.07) is 158. The van der Waals surface area contributed by atoms with Crippen LogP contribution in [0.1, 0.15) is 0 Å². The van der Waals surface area contributed by atoms with Crippen molar-refractivity contribution in [2.75, 3.05) is 0 Å². The van der Waals surface area contributed by atoms with Gasteiger partial charge in [-0.15, -0.1) is 22.7 Å². The Kier molecular flexibility index (Phi) is 24.0. The highest BCUT2D eigenvalue weighted by atomic mass is 32.1. The lowest BCUT2D eigenvalue weighted by Crippen LogP contribution is -2.01. The van der Waals surface area contributed by atoms with Crippen LogP contribution in [0.2, 0.25) is 0 Å². The van der Waals surface area contributed by atoms with E-state index in [9.17, 15) is 0 Å². The van der Waals surface area contributed by atoms with E-state index in [0.29, 0.717) is 105 Å². The van der Waals surface area contributed by atoms with E-state index in [2.05, 4.69) is 97.1 Å². The van der Waals surface area contributed by atoms with Crippen LogP contribution >= 0.6 is 22.7 Å². The van der Waals surface area contributed by atoms with E-state index in [1.807, 2.05) is 376 Å². The van der Waals surface area contributed by atoms with Gasteiger partial charge in [-0.25, -0.2) is 89.7 Å². The van der Waals surface area contributed by atoms with Crippen LogP contribution in [-0.4, -0.2) is 89.7 Å². The number of para-hydroxylation sites is 1. The summed E-state index contributed by atoms with van der Waals surface area (Å²) in [5, 5.41) is 6.92. The number of aromatic nitrogens is 18. The molecule has 18 aromatic carbocycles. The van der Waals surface area contributed by atoms with Crippen LogP contribution in [-0.2, 0) is 0 Å². The lowest BCUT2D eigenvalue weighted by molar-refractivity contribution is 0.669. The average molecular weight is 1920 g/mol. The normalized spacial score (nSPS) is 11.3. The number of benzene rings is 18. The van der Waals surface area contributed by atoms with Crippen molar-refractivity contribution in [3.63, 3.8) is 0 Å². The summed E-state index contributed by atoms with van der Waals surface area (Å²) in [6.45, 7) is 0. The molecule has 0 aliphatic carbocycles. The minimum atomic E-state index is 0.545. The molecule has 9 aromatic heterocycles. The third kappa shape index (κ3) is 18.7. The largest absolute Gasteiger partial charge is 0.456 e. The Balaban J connectivity index is 0.000000115. The van der Waals surface area contributed by atoms with E-state index >= 15 is 0 Å². The SMILES string of the molecule is c1ccc(-c2nc(-c3ccccc3)nc(-c3cccc(-c4nc(-c5ccccc5)nc(-c5ccc6oc7ccccc7c6c5)n4)c3)n2)cc1.c1ccc(-c2nc(-c3ccccc3)nc(-c3cccc(-c4nc(-c5ccccc5)nc(-c5ccc6sc7ccccc7c6c5)n4)c3)n2)cc1.c1ccc(-c2nc(-c3ccccc3)nc(-c3cccc(-c4nc(-c5ccccc5)nc(-c5cccc6c5sc5ccccc56)n4)c3)n2)cc1. The Morgan fingerprint density at radius 1 is 0.122 bits per heavy atom. The van der Waals surface area contributed by atoms with Crippen LogP contribution < -0.4 is 0 Å². The Bertz CT molecular complexity index is 9000. The molecule has 0 saturated carbocycles. The van der Waals surface area contributed by atoms with Crippen molar-refractivity contribution in [3.05, 3.63) is 473 Å². The van der Waals surface area contributed by atoms with Crippen molar-refractivity contribution in [1.82, 2.24) is 89.7 Å². The zero-order chi connectivity index (χ0) is 97.7. The highest BCUT2D eigenvalue weighted by Crippen LogP contribution is 2.44. The van der Waals surface area contributed by atoms with Crippen LogP contribution in [0.3, 0.4) is 0 Å². The molecule has 0 bridgehead atoms. The molecule has 27 aromatic rings. The molecule has 0 unspecified atom stereocenters. The van der Waals surface area contributed by atoms with E-state index in [4.69, 9.17) is 94.1 Å². The summed E-state index contributed by atoms with van der Waals surface area (Å²) >= 11 is 3.56. The summed E-state index contributed by atoms with van der Waals surface area (Å²) in [6.07, 6.45) is 0. The molecule has 0 aliphatic rings. The minimum absolute atomic E-state index is 0.545. The van der Waals surface area contributed by atoms with Crippen LogP contribution in [0.5, 0.6) is 0 Å². The van der Waals surface area contributed by atoms with Gasteiger partial charge in [0.2, 0.25) is 0 Å². The zero-order valence-electron chi connectivity index (χ0n) is 78.3. The second-order valence-electron chi connectivity index (χ2n) is 34.8. The molecule has 0 amide bonds. The standard InChI is InChI=1S/C42H26N6O.2C42H26N6S/c1-4-13-27(14-5-1)37-43-38(28-15-6-2-7-16-28)45-40(44-37)30-19-12-20-31(25-30)41-46-39(29-17-8-3-9-18-29)47-42(48-41)32-23-24-36-34(26-32)33-21-10-11-22-35(33)49-36;1-4-14-27(15-5-1)37-43-38(28-16-6-2-7-17-28)45-40(44-37)30-20-12-21-31(26-30)41-46-39(29-18-8-3-9-19-29)47-42(48-41)34-24-13-23-33-32-22-10-11-25-35(32)49-36(33)34;1-4-13-27(14-5-1)37-43-38(28-15-6-2-7-16-28)45-40(44-37)30-19-12-20-31(25-30)41-46-39(29-17-8-3-9-18-29)47-42(48-41)32-23-24-36-34(26-32)33-21-10-11-22-35(33)49-36/h3*1-26H. The molecule has 9 heterocycles. The summed E-state index contributed by atoms with van der Waals surface area (Å²) in [4.78, 5) is 89.4. The second-order valence-corrected chi connectivity index (χ2v) is 36.9. The van der Waals surface area contributed by atoms with Crippen molar-refractivity contribution in [2.45, 2.75) is 0 Å². The van der Waals surface area contributed by atoms with E-state index in [1.165, 1.54) is 35.6 Å². The number of rotatable bonds is 18. The fourth-order valence-corrected chi connectivity index (χ4v) is 20.2. The van der Waals surface area contributed by atoms with Crippen molar-refractivity contribution in [1.29, 1.82) is 0 Å². The van der Waals surface area contributed by atoms with Gasteiger partial charge in [0.1, 0.15) is 11.2 Å². The van der Waals surface area contributed by atoms with Crippen molar-refractivity contribution >= 4 is 85.0 Å². The van der Waals surface area contributed by atoms with Gasteiger partial charge in [0.05, 0.1) is 0 Å². The van der Waals surface area contributed by atoms with Gasteiger partial charge in [0, 0.05) is 151 Å². The van der Waals surface area contributed by atoms with Gasteiger partial charge in [-0.1, -0.05) is 394 Å². The number of hydrogen-bond donors (Lipinski definition) is 0. The molecule has 0 fully saturated rings. The maximum Gasteiger partial charge on any atom is 0.165 e. The first-order valence-corrected chi connectivity index (χ1v) is 49.5. The Morgan fingerprint density at radius 3 is 0.639 bits per heavy atom. The third-order valence-electron chi connectivity index (χ3n) is 25.2. The zero-order valence-corrected chi connectivity index (χ0v) is 79.9. The first-order valence-electron chi connectivity index (χ1n) is 47.9. The minimum Gasteiger partial charge on any atom is -0.456 e. The van der Waals surface area contributed by atoms with Crippen LogP contribution in [0.25, 0.3) is 267 Å². The number of furan rings is 1. The van der Waals surface area contributed by atoms with Crippen LogP contribution in [0, 0.1) is 0 Å². The Labute approximate surface area is 851 Å². The second kappa shape index (κ2) is 39.7. The van der Waals surface area contributed by atoms with Crippen molar-refractivity contribution < 1.29 is 4.42 Å². The maximum atomic E-state index is 6.09. The molecule has 0 aliphatic heterocycles. The maximum absolute atomic E-state index is 6.09. The topological polar surface area (TPSA) is 245 Å². The Hall–Kier alpha value is -19.7. The molecular formula is C126H78N18OS2. The highest BCUT2D eigenvalue weighted by molar-refractivity contribution is 7.26.